The van der Waals surface area contributed by atoms with Crippen molar-refractivity contribution in [3.8, 4) is 11.5 Å². The van der Waals surface area contributed by atoms with Crippen LogP contribution < -0.4 is 20.1 Å². The number of hydrogen-bond acceptors (Lipinski definition) is 6. The largest absolute Gasteiger partial charge is 0.492 e. The molecule has 1 fully saturated rings. The van der Waals surface area contributed by atoms with E-state index >= 15 is 0 Å². The highest BCUT2D eigenvalue weighted by molar-refractivity contribution is 7.89. The van der Waals surface area contributed by atoms with Crippen molar-refractivity contribution in [1.82, 2.24) is 9.21 Å². The Labute approximate surface area is 192 Å². The van der Waals surface area contributed by atoms with Gasteiger partial charge in [0.15, 0.2) is 6.10 Å². The van der Waals surface area contributed by atoms with Crippen LogP contribution in [0.4, 0.5) is 16.2 Å². The summed E-state index contributed by atoms with van der Waals surface area (Å²) >= 11 is 0. The smallest absolute Gasteiger partial charge is 0.322 e. The van der Waals surface area contributed by atoms with Gasteiger partial charge in [-0.3, -0.25) is 4.79 Å². The summed E-state index contributed by atoms with van der Waals surface area (Å²) in [5.74, 6) is 0.671. The summed E-state index contributed by atoms with van der Waals surface area (Å²) in [5.41, 5.74) is 0.886. The number of urea groups is 1. The number of nitrogens with zero attached hydrogens (tertiary/aromatic N) is 2. The zero-order valence-corrected chi connectivity index (χ0v) is 19.2. The molecule has 3 amide bonds. The predicted molar refractivity (Wildman–Crippen MR) is 122 cm³/mol. The maximum absolute atomic E-state index is 13.1. The summed E-state index contributed by atoms with van der Waals surface area (Å²) in [6, 6.07) is 11.2. The van der Waals surface area contributed by atoms with Crippen LogP contribution in [0.15, 0.2) is 47.4 Å². The van der Waals surface area contributed by atoms with Gasteiger partial charge in [-0.05, 0) is 44.2 Å². The van der Waals surface area contributed by atoms with Crippen LogP contribution in [-0.2, 0) is 14.8 Å². The first-order chi connectivity index (χ1) is 15.8. The lowest BCUT2D eigenvalue weighted by Gasteiger charge is -2.34. The normalized spacial score (nSPS) is 18.7. The first-order valence-electron chi connectivity index (χ1n) is 10.7. The molecule has 176 valence electrons. The summed E-state index contributed by atoms with van der Waals surface area (Å²) in [5, 5.41) is 5.50. The van der Waals surface area contributed by atoms with E-state index in [0.29, 0.717) is 29.5 Å². The van der Waals surface area contributed by atoms with Gasteiger partial charge in [0.25, 0.3) is 5.91 Å². The maximum Gasteiger partial charge on any atom is 0.322 e. The van der Waals surface area contributed by atoms with E-state index in [1.807, 2.05) is 13.0 Å². The number of para-hydroxylation sites is 2. The first kappa shape index (κ1) is 22.9. The number of carbonyl (C=O) groups is 2. The van der Waals surface area contributed by atoms with E-state index < -0.39 is 16.1 Å². The molecule has 0 aliphatic carbocycles. The van der Waals surface area contributed by atoms with Crippen molar-refractivity contribution in [2.75, 3.05) is 43.4 Å². The number of piperazine rings is 1. The Kier molecular flexibility index (Phi) is 6.43. The molecule has 2 aromatic rings. The molecule has 2 N–H and O–H groups in total. The third-order valence-electron chi connectivity index (χ3n) is 5.47. The minimum absolute atomic E-state index is 0.0586. The second kappa shape index (κ2) is 9.28. The molecule has 0 saturated carbocycles. The number of ether oxygens (including phenoxy) is 2. The van der Waals surface area contributed by atoms with Crippen LogP contribution in [0.5, 0.6) is 11.5 Å². The highest BCUT2D eigenvalue weighted by atomic mass is 32.2. The van der Waals surface area contributed by atoms with E-state index in [2.05, 4.69) is 10.6 Å². The van der Waals surface area contributed by atoms with Gasteiger partial charge in [0.1, 0.15) is 11.5 Å². The summed E-state index contributed by atoms with van der Waals surface area (Å²) in [6.45, 7) is 4.74. The molecular weight excluding hydrogens is 448 g/mol. The zero-order valence-electron chi connectivity index (χ0n) is 18.4. The number of rotatable bonds is 5. The van der Waals surface area contributed by atoms with Gasteiger partial charge in [0, 0.05) is 26.2 Å². The number of sulfonamides is 1. The van der Waals surface area contributed by atoms with Crippen LogP contribution in [0.1, 0.15) is 13.8 Å². The van der Waals surface area contributed by atoms with Crippen molar-refractivity contribution in [3.05, 3.63) is 42.5 Å². The van der Waals surface area contributed by atoms with Crippen LogP contribution in [-0.4, -0.2) is 68.5 Å². The fourth-order valence-corrected chi connectivity index (χ4v) is 5.12. The number of anilines is 2. The molecular formula is C22H26N4O6S. The molecule has 2 aliphatic rings. The van der Waals surface area contributed by atoms with E-state index in [1.54, 1.807) is 30.0 Å². The Morgan fingerprint density at radius 2 is 1.91 bits per heavy atom. The predicted octanol–water partition coefficient (Wildman–Crippen LogP) is 2.34. The van der Waals surface area contributed by atoms with Gasteiger partial charge in [-0.15, -0.1) is 0 Å². The first-order valence-corrected chi connectivity index (χ1v) is 12.1. The van der Waals surface area contributed by atoms with Gasteiger partial charge < -0.3 is 25.0 Å². The monoisotopic (exact) mass is 474 g/mol. The Hall–Kier alpha value is -3.31. The van der Waals surface area contributed by atoms with Gasteiger partial charge >= 0.3 is 6.03 Å². The fraction of sp³-hybridized carbons (Fsp3) is 0.364. The summed E-state index contributed by atoms with van der Waals surface area (Å²) in [6.07, 6.45) is -0.639. The van der Waals surface area contributed by atoms with Crippen molar-refractivity contribution < 1.29 is 27.5 Å². The lowest BCUT2D eigenvalue weighted by molar-refractivity contribution is -0.122. The molecule has 0 spiro atoms. The number of carbonyl (C=O) groups excluding carboxylic acids is 2. The molecule has 1 atom stereocenters. The van der Waals surface area contributed by atoms with Crippen LogP contribution in [0, 0.1) is 0 Å². The van der Waals surface area contributed by atoms with Gasteiger partial charge in [0.2, 0.25) is 10.0 Å². The lowest BCUT2D eigenvalue weighted by atomic mass is 10.2. The van der Waals surface area contributed by atoms with Crippen LogP contribution in [0.2, 0.25) is 0 Å². The molecule has 0 unspecified atom stereocenters. The highest BCUT2D eigenvalue weighted by Gasteiger charge is 2.32. The number of hydrogen-bond donors (Lipinski definition) is 2. The fourth-order valence-electron chi connectivity index (χ4n) is 3.67. The Bertz CT molecular complexity index is 1160. The van der Waals surface area contributed by atoms with Crippen molar-refractivity contribution in [2.24, 2.45) is 0 Å². The minimum atomic E-state index is -3.80. The lowest BCUT2D eigenvalue weighted by Crippen LogP contribution is -2.51. The number of amides is 3. The van der Waals surface area contributed by atoms with E-state index in [9.17, 15) is 18.0 Å². The Morgan fingerprint density at radius 3 is 2.64 bits per heavy atom. The summed E-state index contributed by atoms with van der Waals surface area (Å²) in [7, 11) is -3.80. The van der Waals surface area contributed by atoms with Gasteiger partial charge in [0.05, 0.1) is 22.9 Å². The molecule has 1 saturated heterocycles. The number of nitrogens with one attached hydrogen (secondary N) is 2. The van der Waals surface area contributed by atoms with Crippen LogP contribution >= 0.6 is 0 Å². The molecule has 2 aliphatic heterocycles. The van der Waals surface area contributed by atoms with E-state index in [1.165, 1.54) is 22.5 Å². The van der Waals surface area contributed by atoms with Crippen molar-refractivity contribution >= 4 is 33.3 Å². The van der Waals surface area contributed by atoms with Crippen LogP contribution in [0.3, 0.4) is 0 Å². The summed E-state index contributed by atoms with van der Waals surface area (Å²) in [4.78, 5) is 26.2. The second-order valence-electron chi connectivity index (χ2n) is 7.66. The van der Waals surface area contributed by atoms with Crippen molar-refractivity contribution in [1.29, 1.82) is 0 Å². The topological polar surface area (TPSA) is 117 Å². The third kappa shape index (κ3) is 4.74. The van der Waals surface area contributed by atoms with Gasteiger partial charge in [-0.2, -0.15) is 4.31 Å². The number of fused-ring (bicyclic) bond motifs is 1. The molecule has 0 aromatic heterocycles. The van der Waals surface area contributed by atoms with Gasteiger partial charge in [-0.1, -0.05) is 12.1 Å². The van der Waals surface area contributed by atoms with Crippen molar-refractivity contribution in [3.63, 3.8) is 0 Å². The van der Waals surface area contributed by atoms with E-state index in [0.717, 1.165) is 0 Å². The Morgan fingerprint density at radius 1 is 1.18 bits per heavy atom. The molecule has 2 heterocycles. The van der Waals surface area contributed by atoms with E-state index in [4.69, 9.17) is 9.47 Å². The van der Waals surface area contributed by atoms with E-state index in [-0.39, 0.29) is 43.0 Å². The third-order valence-corrected chi connectivity index (χ3v) is 7.37. The molecule has 10 nitrogen and oxygen atoms in total. The average Bonchev–Trinajstić information content (AvgIpc) is 2.81. The molecule has 0 radical (unpaired) electrons. The molecule has 0 bridgehead atoms. The molecule has 4 rings (SSSR count). The van der Waals surface area contributed by atoms with Crippen LogP contribution in [0.25, 0.3) is 0 Å². The summed E-state index contributed by atoms with van der Waals surface area (Å²) < 4.78 is 38.6. The quantitative estimate of drug-likeness (QED) is 0.687. The minimum Gasteiger partial charge on any atom is -0.492 e. The number of benzene rings is 2. The Balaban J connectivity index is 1.41. The maximum atomic E-state index is 13.1. The standard InChI is InChI=1S/C22H26N4O6S/c1-3-31-19-7-5-4-6-17(19)24-22(28)25-10-12-26(13-11-25)33(29,30)16-8-9-20-18(14-16)23-21(27)15(2)32-20/h4-9,14-15H,3,10-13H2,1-2H3,(H,23,27)(H,24,28)/t15-/m0/s1. The second-order valence-corrected chi connectivity index (χ2v) is 9.60. The highest BCUT2D eigenvalue weighted by Crippen LogP contribution is 2.33. The average molecular weight is 475 g/mol. The van der Waals surface area contributed by atoms with Crippen molar-refractivity contribution in [2.45, 2.75) is 24.8 Å². The SMILES string of the molecule is CCOc1ccccc1NC(=O)N1CCN(S(=O)(=O)c2ccc3c(c2)NC(=O)[C@H](C)O3)CC1. The molecule has 11 heteroatoms. The zero-order chi connectivity index (χ0) is 23.6. The van der Waals surface area contributed by atoms with Gasteiger partial charge in [-0.25, -0.2) is 13.2 Å². The molecule has 2 aromatic carbocycles. The molecule has 33 heavy (non-hydrogen) atoms.